The molecule has 0 aliphatic rings. The molecule has 82 valence electrons. The molecule has 0 saturated carbocycles. The molecular formula is C10H20N2OS. The number of hydrogen-bond acceptors (Lipinski definition) is 4. The number of methoxy groups -OCH3 is 1. The van der Waals surface area contributed by atoms with E-state index >= 15 is 0 Å². The summed E-state index contributed by atoms with van der Waals surface area (Å²) >= 11 is 1.85. The predicted molar refractivity (Wildman–Crippen MR) is 61.3 cm³/mol. The summed E-state index contributed by atoms with van der Waals surface area (Å²) in [4.78, 5) is 0. The van der Waals surface area contributed by atoms with E-state index in [9.17, 15) is 0 Å². The summed E-state index contributed by atoms with van der Waals surface area (Å²) in [5.74, 6) is 2.08. The van der Waals surface area contributed by atoms with Gasteiger partial charge in [-0.25, -0.2) is 0 Å². The molecule has 0 fully saturated rings. The first-order chi connectivity index (χ1) is 6.68. The first kappa shape index (κ1) is 13.8. The molecule has 0 spiro atoms. The first-order valence-electron chi connectivity index (χ1n) is 4.95. The van der Waals surface area contributed by atoms with Gasteiger partial charge in [0, 0.05) is 12.9 Å². The molecule has 0 aliphatic carbocycles. The van der Waals surface area contributed by atoms with Crippen LogP contribution >= 0.6 is 11.8 Å². The zero-order valence-electron chi connectivity index (χ0n) is 9.08. The summed E-state index contributed by atoms with van der Waals surface area (Å²) in [5, 5.41) is 8.82. The van der Waals surface area contributed by atoms with Gasteiger partial charge in [-0.05, 0) is 25.0 Å². The lowest BCUT2D eigenvalue weighted by atomic mass is 9.94. The SMILES string of the molecule is CCC(N)(C#N)CCCSCCOC. The molecule has 1 atom stereocenters. The van der Waals surface area contributed by atoms with Gasteiger partial charge in [-0.1, -0.05) is 6.92 Å². The Hall–Kier alpha value is -0.240. The quantitative estimate of drug-likeness (QED) is 0.628. The Balaban J connectivity index is 3.40. The largest absolute Gasteiger partial charge is 0.384 e. The van der Waals surface area contributed by atoms with Gasteiger partial charge in [-0.2, -0.15) is 17.0 Å². The number of ether oxygens (including phenoxy) is 1. The highest BCUT2D eigenvalue weighted by molar-refractivity contribution is 7.99. The molecule has 0 heterocycles. The molecule has 0 rings (SSSR count). The van der Waals surface area contributed by atoms with Crippen LogP contribution in [0.25, 0.3) is 0 Å². The normalized spacial score (nSPS) is 14.7. The molecule has 4 heteroatoms. The van der Waals surface area contributed by atoms with Gasteiger partial charge < -0.3 is 10.5 Å². The second-order valence-corrected chi connectivity index (χ2v) is 4.55. The Morgan fingerprint density at radius 2 is 2.21 bits per heavy atom. The summed E-state index contributed by atoms with van der Waals surface area (Å²) in [6.45, 7) is 2.76. The van der Waals surface area contributed by atoms with Crippen LogP contribution in [0.5, 0.6) is 0 Å². The van der Waals surface area contributed by atoms with Crippen molar-refractivity contribution in [3.05, 3.63) is 0 Å². The summed E-state index contributed by atoms with van der Waals surface area (Å²) in [7, 11) is 1.71. The van der Waals surface area contributed by atoms with Crippen molar-refractivity contribution in [2.75, 3.05) is 25.2 Å². The average Bonchev–Trinajstić information content (AvgIpc) is 2.23. The Morgan fingerprint density at radius 3 is 2.71 bits per heavy atom. The van der Waals surface area contributed by atoms with Gasteiger partial charge >= 0.3 is 0 Å². The second kappa shape index (κ2) is 8.10. The minimum Gasteiger partial charge on any atom is -0.384 e. The highest BCUT2D eigenvalue weighted by Crippen LogP contribution is 2.15. The molecule has 0 radical (unpaired) electrons. The van der Waals surface area contributed by atoms with E-state index in [0.717, 1.165) is 37.4 Å². The highest BCUT2D eigenvalue weighted by atomic mass is 32.2. The third-order valence-electron chi connectivity index (χ3n) is 2.20. The van der Waals surface area contributed by atoms with E-state index in [1.54, 1.807) is 7.11 Å². The maximum absolute atomic E-state index is 8.82. The number of rotatable bonds is 8. The van der Waals surface area contributed by atoms with Crippen molar-refractivity contribution in [1.82, 2.24) is 0 Å². The molecule has 2 N–H and O–H groups in total. The number of thioether (sulfide) groups is 1. The van der Waals surface area contributed by atoms with Crippen LogP contribution in [0, 0.1) is 11.3 Å². The first-order valence-corrected chi connectivity index (χ1v) is 6.11. The fraction of sp³-hybridized carbons (Fsp3) is 0.900. The lowest BCUT2D eigenvalue weighted by Gasteiger charge is -2.18. The number of nitrogens with two attached hydrogens (primary N) is 1. The molecule has 0 saturated heterocycles. The van der Waals surface area contributed by atoms with Crippen molar-refractivity contribution in [2.45, 2.75) is 31.7 Å². The van der Waals surface area contributed by atoms with E-state index in [1.165, 1.54) is 0 Å². The topological polar surface area (TPSA) is 59.0 Å². The Labute approximate surface area is 91.0 Å². The van der Waals surface area contributed by atoms with Crippen molar-refractivity contribution in [3.8, 4) is 6.07 Å². The van der Waals surface area contributed by atoms with Crippen molar-refractivity contribution in [1.29, 1.82) is 5.26 Å². The summed E-state index contributed by atoms with van der Waals surface area (Å²) in [6.07, 6.45) is 2.53. The predicted octanol–water partition coefficient (Wildman–Crippen LogP) is 1.78. The molecular weight excluding hydrogens is 196 g/mol. The van der Waals surface area contributed by atoms with Gasteiger partial charge in [0.25, 0.3) is 0 Å². The monoisotopic (exact) mass is 216 g/mol. The number of nitrogens with zero attached hydrogens (tertiary/aromatic N) is 1. The lowest BCUT2D eigenvalue weighted by Crippen LogP contribution is -2.37. The van der Waals surface area contributed by atoms with E-state index in [0.29, 0.717) is 0 Å². The number of hydrogen-bond donors (Lipinski definition) is 1. The van der Waals surface area contributed by atoms with Crippen LogP contribution in [0.3, 0.4) is 0 Å². The Bertz CT molecular complexity index is 181. The van der Waals surface area contributed by atoms with E-state index in [4.69, 9.17) is 15.7 Å². The molecule has 0 aromatic rings. The molecule has 3 nitrogen and oxygen atoms in total. The van der Waals surface area contributed by atoms with E-state index in [1.807, 2.05) is 18.7 Å². The molecule has 1 unspecified atom stereocenters. The summed E-state index contributed by atoms with van der Waals surface area (Å²) in [5.41, 5.74) is 5.23. The fourth-order valence-corrected chi connectivity index (χ4v) is 1.88. The van der Waals surface area contributed by atoms with Gasteiger partial charge in [-0.15, -0.1) is 0 Å². The maximum atomic E-state index is 8.82. The van der Waals surface area contributed by atoms with Gasteiger partial charge in [-0.3, -0.25) is 0 Å². The van der Waals surface area contributed by atoms with Gasteiger partial charge in [0.2, 0.25) is 0 Å². The average molecular weight is 216 g/mol. The van der Waals surface area contributed by atoms with Crippen LogP contribution in [-0.4, -0.2) is 30.8 Å². The summed E-state index contributed by atoms with van der Waals surface area (Å²) in [6, 6.07) is 2.17. The van der Waals surface area contributed by atoms with Crippen LogP contribution in [-0.2, 0) is 4.74 Å². The molecule has 14 heavy (non-hydrogen) atoms. The van der Waals surface area contributed by atoms with E-state index in [-0.39, 0.29) is 0 Å². The standard InChI is InChI=1S/C10H20N2OS/c1-3-10(12,9-11)5-4-7-14-8-6-13-2/h3-8,12H2,1-2H3. The van der Waals surface area contributed by atoms with Gasteiger partial charge in [0.15, 0.2) is 0 Å². The van der Waals surface area contributed by atoms with Crippen LogP contribution in [0.15, 0.2) is 0 Å². The van der Waals surface area contributed by atoms with E-state index in [2.05, 4.69) is 6.07 Å². The van der Waals surface area contributed by atoms with Crippen molar-refractivity contribution in [3.63, 3.8) is 0 Å². The van der Waals surface area contributed by atoms with E-state index < -0.39 is 5.54 Å². The molecule has 0 aromatic carbocycles. The van der Waals surface area contributed by atoms with Crippen molar-refractivity contribution < 1.29 is 4.74 Å². The Kier molecular flexibility index (Phi) is 7.96. The van der Waals surface area contributed by atoms with Crippen LogP contribution in [0.4, 0.5) is 0 Å². The zero-order chi connectivity index (χ0) is 10.9. The third kappa shape index (κ3) is 6.25. The minimum absolute atomic E-state index is 0.609. The highest BCUT2D eigenvalue weighted by Gasteiger charge is 2.20. The van der Waals surface area contributed by atoms with Crippen LogP contribution < -0.4 is 5.73 Å². The molecule has 0 aromatic heterocycles. The van der Waals surface area contributed by atoms with Crippen LogP contribution in [0.1, 0.15) is 26.2 Å². The second-order valence-electron chi connectivity index (χ2n) is 3.33. The Morgan fingerprint density at radius 1 is 1.50 bits per heavy atom. The molecule has 0 amide bonds. The smallest absolute Gasteiger partial charge is 0.104 e. The lowest BCUT2D eigenvalue weighted by molar-refractivity contribution is 0.218. The van der Waals surface area contributed by atoms with Crippen molar-refractivity contribution in [2.24, 2.45) is 5.73 Å². The van der Waals surface area contributed by atoms with Crippen LogP contribution in [0.2, 0.25) is 0 Å². The summed E-state index contributed by atoms with van der Waals surface area (Å²) < 4.78 is 4.93. The van der Waals surface area contributed by atoms with Crippen molar-refractivity contribution >= 4 is 11.8 Å². The zero-order valence-corrected chi connectivity index (χ0v) is 9.90. The van der Waals surface area contributed by atoms with Gasteiger partial charge in [0.05, 0.1) is 12.7 Å². The maximum Gasteiger partial charge on any atom is 0.104 e. The fourth-order valence-electron chi connectivity index (χ4n) is 1.05. The molecule has 0 bridgehead atoms. The third-order valence-corrected chi connectivity index (χ3v) is 3.23. The van der Waals surface area contributed by atoms with Gasteiger partial charge in [0.1, 0.15) is 5.54 Å². The molecule has 0 aliphatic heterocycles. The number of nitriles is 1. The minimum atomic E-state index is -0.609.